The number of carboxylic acids is 1. The minimum Gasteiger partial charge on any atom is -0.481 e. The van der Waals surface area contributed by atoms with E-state index < -0.39 is 5.97 Å². The third-order valence-electron chi connectivity index (χ3n) is 6.44. The predicted molar refractivity (Wildman–Crippen MR) is 99.5 cm³/mol. The van der Waals surface area contributed by atoms with Gasteiger partial charge in [0.2, 0.25) is 0 Å². The molecule has 1 amide bonds. The van der Waals surface area contributed by atoms with Crippen LogP contribution in [0.5, 0.6) is 0 Å². The molecular formula is C20H27N3O4. The van der Waals surface area contributed by atoms with Crippen LogP contribution in [0.2, 0.25) is 0 Å². The number of hydrogen-bond acceptors (Lipinski definition) is 5. The van der Waals surface area contributed by atoms with Gasteiger partial charge in [-0.2, -0.15) is 0 Å². The normalized spacial score (nSPS) is 29.6. The van der Waals surface area contributed by atoms with E-state index in [0.29, 0.717) is 25.3 Å². The fraction of sp³-hybridized carbons (Fsp3) is 0.650. The van der Waals surface area contributed by atoms with E-state index in [4.69, 9.17) is 9.84 Å². The van der Waals surface area contributed by atoms with E-state index in [0.717, 1.165) is 38.8 Å². The van der Waals surface area contributed by atoms with Crippen molar-refractivity contribution in [3.8, 4) is 0 Å². The Balaban J connectivity index is 1.29. The van der Waals surface area contributed by atoms with Gasteiger partial charge in [0.25, 0.3) is 0 Å². The number of aromatic nitrogens is 1. The number of nitrogens with zero attached hydrogens (tertiary/aromatic N) is 3. The number of hydrogen-bond donors (Lipinski definition) is 1. The number of rotatable bonds is 4. The van der Waals surface area contributed by atoms with Crippen LogP contribution in [0.1, 0.15) is 38.5 Å². The standard InChI is InChI=1S/C20H27N3O4/c24-19(25)15-3-1-14(2-4-15)18-13-23(20(26)27-18)17-7-11-22(12-8-17)16-5-9-21-10-6-16/h5-6,9-10,14-15,17-18H,1-4,7-8,11-13H2,(H,24,25). The van der Waals surface area contributed by atoms with Gasteiger partial charge in [0.15, 0.2) is 0 Å². The molecule has 1 aliphatic carbocycles. The Morgan fingerprint density at radius 3 is 2.37 bits per heavy atom. The maximum Gasteiger partial charge on any atom is 0.410 e. The molecule has 3 aliphatic rings. The van der Waals surface area contributed by atoms with Crippen LogP contribution in [0.15, 0.2) is 24.5 Å². The first-order valence-electron chi connectivity index (χ1n) is 9.97. The molecule has 7 heteroatoms. The van der Waals surface area contributed by atoms with Gasteiger partial charge in [-0.3, -0.25) is 9.78 Å². The summed E-state index contributed by atoms with van der Waals surface area (Å²) in [5.41, 5.74) is 1.18. The Labute approximate surface area is 159 Å². The summed E-state index contributed by atoms with van der Waals surface area (Å²) >= 11 is 0. The summed E-state index contributed by atoms with van der Waals surface area (Å²) in [6, 6.07) is 4.28. The van der Waals surface area contributed by atoms with E-state index in [1.54, 1.807) is 0 Å². The minimum atomic E-state index is -0.695. The molecule has 2 aliphatic heterocycles. The van der Waals surface area contributed by atoms with E-state index in [1.807, 2.05) is 29.4 Å². The van der Waals surface area contributed by atoms with Crippen molar-refractivity contribution in [2.24, 2.45) is 11.8 Å². The molecular weight excluding hydrogens is 346 g/mol. The zero-order chi connectivity index (χ0) is 18.8. The SMILES string of the molecule is O=C(O)C1CCC(C2CN(C3CCN(c4ccncc4)CC3)C(=O)O2)CC1. The third kappa shape index (κ3) is 3.87. The summed E-state index contributed by atoms with van der Waals surface area (Å²) in [5, 5.41) is 9.15. The predicted octanol–water partition coefficient (Wildman–Crippen LogP) is 2.76. The monoisotopic (exact) mass is 373 g/mol. The summed E-state index contributed by atoms with van der Waals surface area (Å²) in [5.74, 6) is -0.627. The number of anilines is 1. The molecule has 0 bridgehead atoms. The van der Waals surface area contributed by atoms with Crippen LogP contribution in [0, 0.1) is 11.8 Å². The number of piperidine rings is 1. The zero-order valence-electron chi connectivity index (χ0n) is 15.5. The Kier molecular flexibility index (Phi) is 5.18. The molecule has 146 valence electrons. The fourth-order valence-electron chi connectivity index (χ4n) is 4.77. The number of carbonyl (C=O) groups excluding carboxylic acids is 1. The molecule has 1 aromatic heterocycles. The number of carboxylic acid groups (broad SMARTS) is 1. The first-order valence-corrected chi connectivity index (χ1v) is 9.97. The average Bonchev–Trinajstić information content (AvgIpc) is 3.10. The molecule has 2 saturated heterocycles. The highest BCUT2D eigenvalue weighted by atomic mass is 16.6. The lowest BCUT2D eigenvalue weighted by Crippen LogP contribution is -2.46. The van der Waals surface area contributed by atoms with Crippen molar-refractivity contribution in [3.05, 3.63) is 24.5 Å². The van der Waals surface area contributed by atoms with E-state index >= 15 is 0 Å². The molecule has 0 radical (unpaired) electrons. The van der Waals surface area contributed by atoms with Gasteiger partial charge in [-0.25, -0.2) is 4.79 Å². The van der Waals surface area contributed by atoms with Gasteiger partial charge in [0.1, 0.15) is 6.10 Å². The highest BCUT2D eigenvalue weighted by Crippen LogP contribution is 2.35. The van der Waals surface area contributed by atoms with Crippen LogP contribution in [-0.4, -0.2) is 58.8 Å². The van der Waals surface area contributed by atoms with Crippen LogP contribution in [-0.2, 0) is 9.53 Å². The summed E-state index contributed by atoms with van der Waals surface area (Å²) in [6.45, 7) is 2.50. The minimum absolute atomic E-state index is 0.0783. The lowest BCUT2D eigenvalue weighted by molar-refractivity contribution is -0.143. The molecule has 4 rings (SSSR count). The van der Waals surface area contributed by atoms with Gasteiger partial charge in [-0.1, -0.05) is 0 Å². The Hall–Kier alpha value is -2.31. The maximum atomic E-state index is 12.4. The number of amides is 1. The van der Waals surface area contributed by atoms with Gasteiger partial charge < -0.3 is 19.6 Å². The molecule has 27 heavy (non-hydrogen) atoms. The largest absolute Gasteiger partial charge is 0.481 e. The van der Waals surface area contributed by atoms with Gasteiger partial charge in [0.05, 0.1) is 12.5 Å². The number of ether oxygens (including phenoxy) is 1. The first kappa shape index (κ1) is 18.1. The Bertz CT molecular complexity index is 667. The van der Waals surface area contributed by atoms with Crippen LogP contribution < -0.4 is 4.90 Å². The molecule has 3 fully saturated rings. The van der Waals surface area contributed by atoms with Gasteiger partial charge in [-0.05, 0) is 56.6 Å². The van der Waals surface area contributed by atoms with Crippen molar-refractivity contribution in [2.45, 2.75) is 50.7 Å². The highest BCUT2D eigenvalue weighted by molar-refractivity contribution is 5.71. The van der Waals surface area contributed by atoms with Crippen LogP contribution in [0.4, 0.5) is 10.5 Å². The topological polar surface area (TPSA) is 83.0 Å². The molecule has 1 unspecified atom stereocenters. The molecule has 1 aromatic rings. The lowest BCUT2D eigenvalue weighted by atomic mass is 9.79. The van der Waals surface area contributed by atoms with Crippen LogP contribution >= 0.6 is 0 Å². The van der Waals surface area contributed by atoms with E-state index in [9.17, 15) is 9.59 Å². The second-order valence-corrected chi connectivity index (χ2v) is 7.95. The van der Waals surface area contributed by atoms with Crippen molar-refractivity contribution >= 4 is 17.7 Å². The smallest absolute Gasteiger partial charge is 0.410 e. The average molecular weight is 373 g/mol. The van der Waals surface area contributed by atoms with Crippen molar-refractivity contribution in [1.82, 2.24) is 9.88 Å². The van der Waals surface area contributed by atoms with Crippen LogP contribution in [0.25, 0.3) is 0 Å². The van der Waals surface area contributed by atoms with Crippen molar-refractivity contribution < 1.29 is 19.4 Å². The lowest BCUT2D eigenvalue weighted by Gasteiger charge is -2.37. The van der Waals surface area contributed by atoms with Crippen LogP contribution in [0.3, 0.4) is 0 Å². The van der Waals surface area contributed by atoms with E-state index in [1.165, 1.54) is 5.69 Å². The number of pyridine rings is 1. The first-order chi connectivity index (χ1) is 13.1. The summed E-state index contributed by atoms with van der Waals surface area (Å²) < 4.78 is 5.69. The summed E-state index contributed by atoms with van der Waals surface area (Å²) in [4.78, 5) is 31.9. The summed E-state index contributed by atoms with van der Waals surface area (Å²) in [7, 11) is 0. The summed E-state index contributed by atoms with van der Waals surface area (Å²) in [6.07, 6.45) is 8.29. The fourth-order valence-corrected chi connectivity index (χ4v) is 4.77. The van der Waals surface area contributed by atoms with Crippen molar-refractivity contribution in [3.63, 3.8) is 0 Å². The van der Waals surface area contributed by atoms with E-state index in [-0.39, 0.29) is 24.2 Å². The number of cyclic esters (lactones) is 1. The maximum absolute atomic E-state index is 12.4. The molecule has 1 saturated carbocycles. The molecule has 3 heterocycles. The molecule has 0 spiro atoms. The van der Waals surface area contributed by atoms with Gasteiger partial charge in [0, 0.05) is 37.2 Å². The number of carbonyl (C=O) groups is 2. The zero-order valence-corrected chi connectivity index (χ0v) is 15.5. The number of aliphatic carboxylic acids is 1. The van der Waals surface area contributed by atoms with Gasteiger partial charge >= 0.3 is 12.1 Å². The molecule has 1 atom stereocenters. The highest BCUT2D eigenvalue weighted by Gasteiger charge is 2.42. The Morgan fingerprint density at radius 2 is 1.74 bits per heavy atom. The quantitative estimate of drug-likeness (QED) is 0.874. The second-order valence-electron chi connectivity index (χ2n) is 7.95. The van der Waals surface area contributed by atoms with Gasteiger partial charge in [-0.15, -0.1) is 0 Å². The Morgan fingerprint density at radius 1 is 1.07 bits per heavy atom. The van der Waals surface area contributed by atoms with E-state index in [2.05, 4.69) is 9.88 Å². The van der Waals surface area contributed by atoms with Crippen molar-refractivity contribution in [2.75, 3.05) is 24.5 Å². The molecule has 0 aromatic carbocycles. The second kappa shape index (κ2) is 7.74. The molecule has 1 N–H and O–H groups in total. The molecule has 7 nitrogen and oxygen atoms in total. The van der Waals surface area contributed by atoms with Crippen molar-refractivity contribution in [1.29, 1.82) is 0 Å². The third-order valence-corrected chi connectivity index (χ3v) is 6.44.